The number of nitro groups is 3. The molecule has 1 N–H and O–H groups in total. The Balaban J connectivity index is 1.83. The van der Waals surface area contributed by atoms with E-state index in [9.17, 15) is 40.4 Å². The summed E-state index contributed by atoms with van der Waals surface area (Å²) >= 11 is 3.25. The van der Waals surface area contributed by atoms with Crippen molar-refractivity contribution >= 4 is 50.7 Å². The molecule has 3 aromatic carbocycles. The Morgan fingerprint density at radius 3 is 2.19 bits per heavy atom. The van der Waals surface area contributed by atoms with Gasteiger partial charge in [0.15, 0.2) is 0 Å². The molecular formula is C22H12BrN5O8. The molecule has 36 heavy (non-hydrogen) atoms. The molecule has 0 radical (unpaired) electrons. The molecule has 14 heteroatoms. The molecule has 0 atom stereocenters. The molecule has 0 aliphatic carbocycles. The van der Waals surface area contributed by atoms with Gasteiger partial charge >= 0.3 is 5.69 Å². The van der Waals surface area contributed by atoms with Crippen LogP contribution in [0.4, 0.5) is 22.7 Å². The number of halogens is 1. The second kappa shape index (κ2) is 10.8. The number of nitriles is 1. The molecule has 180 valence electrons. The number of amides is 1. The minimum absolute atomic E-state index is 0.128. The van der Waals surface area contributed by atoms with Gasteiger partial charge < -0.3 is 10.1 Å². The lowest BCUT2D eigenvalue weighted by Gasteiger charge is -2.09. The summed E-state index contributed by atoms with van der Waals surface area (Å²) in [6.07, 6.45) is 1.26. The molecule has 0 unspecified atom stereocenters. The Morgan fingerprint density at radius 2 is 1.58 bits per heavy atom. The number of nitrogens with one attached hydrogen (secondary N) is 1. The lowest BCUT2D eigenvalue weighted by molar-refractivity contribution is -0.394. The highest BCUT2D eigenvalue weighted by molar-refractivity contribution is 9.10. The molecule has 3 aromatic rings. The van der Waals surface area contributed by atoms with Gasteiger partial charge in [-0.15, -0.1) is 0 Å². The summed E-state index contributed by atoms with van der Waals surface area (Å²) in [7, 11) is 0. The SMILES string of the molecule is N#C/C(=C\c1ccc(Oc2ccc([N+](=O)[O-])cc2[N+](=O)[O-])c(Br)c1)C(=O)Nc1cccc([N+](=O)[O-])c1. The van der Waals surface area contributed by atoms with Gasteiger partial charge in [0, 0.05) is 23.9 Å². The number of hydrogen-bond donors (Lipinski definition) is 1. The topological polar surface area (TPSA) is 192 Å². The molecule has 0 aromatic heterocycles. The summed E-state index contributed by atoms with van der Waals surface area (Å²) in [5.41, 5.74) is -1.09. The highest BCUT2D eigenvalue weighted by Gasteiger charge is 2.22. The number of anilines is 1. The Kier molecular flexibility index (Phi) is 7.67. The van der Waals surface area contributed by atoms with Crippen LogP contribution in [0, 0.1) is 41.7 Å². The molecule has 0 bridgehead atoms. The summed E-state index contributed by atoms with van der Waals surface area (Å²) in [6.45, 7) is 0. The number of benzene rings is 3. The van der Waals surface area contributed by atoms with Crippen LogP contribution in [0.1, 0.15) is 5.56 Å². The third-order valence-electron chi connectivity index (χ3n) is 4.52. The molecule has 1 amide bonds. The van der Waals surface area contributed by atoms with Gasteiger partial charge in [0.1, 0.15) is 17.4 Å². The summed E-state index contributed by atoms with van der Waals surface area (Å²) in [6, 6.07) is 14.3. The standard InChI is InChI=1S/C22H12BrN5O8/c23-18-9-13(8-14(12-24)22(29)25-15-2-1-3-16(10-15)26(30)31)4-6-20(18)36-21-7-5-17(27(32)33)11-19(21)28(34)35/h1-11H,(H,25,29)/b14-8+. The molecule has 0 saturated carbocycles. The van der Waals surface area contributed by atoms with E-state index in [1.807, 2.05) is 0 Å². The van der Waals surface area contributed by atoms with E-state index in [4.69, 9.17) is 4.74 Å². The normalized spacial score (nSPS) is 10.7. The molecule has 0 saturated heterocycles. The molecule has 3 rings (SSSR count). The van der Waals surface area contributed by atoms with Crippen LogP contribution in [0.15, 0.2) is 70.7 Å². The molecule has 0 spiro atoms. The molecule has 0 aliphatic rings. The minimum atomic E-state index is -0.813. The molecule has 13 nitrogen and oxygen atoms in total. The average molecular weight is 554 g/mol. The first-order chi connectivity index (χ1) is 17.1. The fraction of sp³-hybridized carbons (Fsp3) is 0. The van der Waals surface area contributed by atoms with Crippen molar-refractivity contribution in [1.82, 2.24) is 0 Å². The zero-order chi connectivity index (χ0) is 26.4. The average Bonchev–Trinajstić information content (AvgIpc) is 2.84. The Bertz CT molecular complexity index is 1480. The van der Waals surface area contributed by atoms with Gasteiger partial charge in [-0.05, 0) is 51.8 Å². The smallest absolute Gasteiger partial charge is 0.318 e. The van der Waals surface area contributed by atoms with E-state index < -0.39 is 32.1 Å². The van der Waals surface area contributed by atoms with Gasteiger partial charge in [-0.2, -0.15) is 5.26 Å². The Morgan fingerprint density at radius 1 is 0.917 bits per heavy atom. The van der Waals surface area contributed by atoms with Gasteiger partial charge in [-0.25, -0.2) is 0 Å². The molecule has 0 aliphatic heterocycles. The maximum atomic E-state index is 12.5. The van der Waals surface area contributed by atoms with Gasteiger partial charge in [0.05, 0.1) is 25.3 Å². The van der Waals surface area contributed by atoms with Crippen molar-refractivity contribution in [3.63, 3.8) is 0 Å². The van der Waals surface area contributed by atoms with Gasteiger partial charge in [0.2, 0.25) is 5.75 Å². The third kappa shape index (κ3) is 6.04. The van der Waals surface area contributed by atoms with Gasteiger partial charge in [-0.1, -0.05) is 12.1 Å². The number of non-ortho nitro benzene ring substituents is 2. The van der Waals surface area contributed by atoms with Crippen LogP contribution < -0.4 is 10.1 Å². The van der Waals surface area contributed by atoms with Crippen LogP contribution in [-0.2, 0) is 4.79 Å². The summed E-state index contributed by atoms with van der Waals surface area (Å²) in [5.74, 6) is -0.900. The number of nitrogens with zero attached hydrogens (tertiary/aromatic N) is 4. The molecule has 0 heterocycles. The fourth-order valence-corrected chi connectivity index (χ4v) is 3.34. The highest BCUT2D eigenvalue weighted by Crippen LogP contribution is 2.37. The van der Waals surface area contributed by atoms with E-state index in [2.05, 4.69) is 21.2 Å². The predicted octanol–water partition coefficient (Wildman–Crippen LogP) is 5.51. The maximum absolute atomic E-state index is 12.5. The zero-order valence-corrected chi connectivity index (χ0v) is 19.4. The number of ether oxygens (including phenoxy) is 1. The number of carbonyl (C=O) groups is 1. The van der Waals surface area contributed by atoms with Crippen molar-refractivity contribution in [2.45, 2.75) is 0 Å². The van der Waals surface area contributed by atoms with Crippen molar-refractivity contribution < 1.29 is 24.3 Å². The van der Waals surface area contributed by atoms with Crippen molar-refractivity contribution in [1.29, 1.82) is 5.26 Å². The quantitative estimate of drug-likeness (QED) is 0.162. The summed E-state index contributed by atoms with van der Waals surface area (Å²) in [4.78, 5) is 43.4. The van der Waals surface area contributed by atoms with Crippen LogP contribution in [0.2, 0.25) is 0 Å². The van der Waals surface area contributed by atoms with E-state index >= 15 is 0 Å². The van der Waals surface area contributed by atoms with Crippen LogP contribution in [-0.4, -0.2) is 20.7 Å². The third-order valence-corrected chi connectivity index (χ3v) is 5.14. The van der Waals surface area contributed by atoms with Crippen molar-refractivity contribution in [3.05, 3.63) is 107 Å². The van der Waals surface area contributed by atoms with Crippen LogP contribution in [0.3, 0.4) is 0 Å². The number of nitro benzene ring substituents is 3. The van der Waals surface area contributed by atoms with Crippen molar-refractivity contribution in [2.24, 2.45) is 0 Å². The van der Waals surface area contributed by atoms with Gasteiger partial charge in [-0.3, -0.25) is 35.1 Å². The van der Waals surface area contributed by atoms with Crippen LogP contribution in [0.5, 0.6) is 11.5 Å². The lowest BCUT2D eigenvalue weighted by atomic mass is 10.1. The summed E-state index contributed by atoms with van der Waals surface area (Å²) in [5, 5.41) is 44.9. The number of carbonyl (C=O) groups excluding carboxylic acids is 1. The highest BCUT2D eigenvalue weighted by atomic mass is 79.9. The van der Waals surface area contributed by atoms with E-state index in [-0.39, 0.29) is 28.4 Å². The Hall–Kier alpha value is -5.16. The first-order valence-electron chi connectivity index (χ1n) is 9.67. The van der Waals surface area contributed by atoms with E-state index in [1.165, 1.54) is 42.5 Å². The second-order valence-electron chi connectivity index (χ2n) is 6.89. The first-order valence-corrected chi connectivity index (χ1v) is 10.5. The fourth-order valence-electron chi connectivity index (χ4n) is 2.87. The molecule has 0 fully saturated rings. The lowest BCUT2D eigenvalue weighted by Crippen LogP contribution is -2.13. The van der Waals surface area contributed by atoms with E-state index in [1.54, 1.807) is 6.07 Å². The Labute approximate surface area is 209 Å². The van der Waals surface area contributed by atoms with Crippen LogP contribution >= 0.6 is 15.9 Å². The number of hydrogen-bond acceptors (Lipinski definition) is 9. The second-order valence-corrected chi connectivity index (χ2v) is 7.74. The predicted molar refractivity (Wildman–Crippen MR) is 129 cm³/mol. The zero-order valence-electron chi connectivity index (χ0n) is 17.8. The van der Waals surface area contributed by atoms with E-state index in [0.717, 1.165) is 24.3 Å². The first kappa shape index (κ1) is 25.5. The van der Waals surface area contributed by atoms with Gasteiger partial charge in [0.25, 0.3) is 17.3 Å². The maximum Gasteiger partial charge on any atom is 0.318 e. The van der Waals surface area contributed by atoms with Crippen molar-refractivity contribution in [3.8, 4) is 17.6 Å². The summed E-state index contributed by atoms with van der Waals surface area (Å²) < 4.78 is 5.85. The minimum Gasteiger partial charge on any atom is -0.449 e. The molecular weight excluding hydrogens is 542 g/mol. The van der Waals surface area contributed by atoms with Crippen LogP contribution in [0.25, 0.3) is 6.08 Å². The number of rotatable bonds is 8. The largest absolute Gasteiger partial charge is 0.449 e. The van der Waals surface area contributed by atoms with Crippen molar-refractivity contribution in [2.75, 3.05) is 5.32 Å². The van der Waals surface area contributed by atoms with E-state index in [0.29, 0.717) is 10.0 Å². The monoisotopic (exact) mass is 553 g/mol.